The monoisotopic (exact) mass is 352 g/mol. The first-order chi connectivity index (χ1) is 12.2. The second kappa shape index (κ2) is 6.94. The molecule has 0 aliphatic heterocycles. The summed E-state index contributed by atoms with van der Waals surface area (Å²) in [4.78, 5) is 18.1. The van der Waals surface area contributed by atoms with Crippen LogP contribution in [-0.2, 0) is 11.2 Å². The Bertz CT molecular complexity index is 872. The van der Waals surface area contributed by atoms with Gasteiger partial charge in [0.25, 0.3) is 0 Å². The van der Waals surface area contributed by atoms with Crippen molar-refractivity contribution in [1.29, 1.82) is 0 Å². The van der Waals surface area contributed by atoms with Crippen molar-refractivity contribution in [1.82, 2.24) is 10.3 Å². The number of pyridine rings is 1. The van der Waals surface area contributed by atoms with Crippen molar-refractivity contribution in [2.75, 3.05) is 0 Å². The Hall–Kier alpha value is -2.24. The summed E-state index contributed by atoms with van der Waals surface area (Å²) >= 11 is 1.59. The lowest BCUT2D eigenvalue weighted by molar-refractivity contribution is -0.122. The van der Waals surface area contributed by atoms with E-state index in [1.54, 1.807) is 11.3 Å². The quantitative estimate of drug-likeness (QED) is 0.739. The molecule has 25 heavy (non-hydrogen) atoms. The normalized spacial score (nSPS) is 20.8. The van der Waals surface area contributed by atoms with Gasteiger partial charge in [-0.15, -0.1) is 11.3 Å². The number of amides is 1. The van der Waals surface area contributed by atoms with Crippen LogP contribution >= 0.6 is 11.3 Å². The summed E-state index contributed by atoms with van der Waals surface area (Å²) in [7, 11) is 0. The molecule has 1 amide bonds. The van der Waals surface area contributed by atoms with E-state index in [1.165, 1.54) is 0 Å². The van der Waals surface area contributed by atoms with Gasteiger partial charge < -0.3 is 10.4 Å². The van der Waals surface area contributed by atoms with E-state index in [1.807, 2.05) is 48.0 Å². The molecule has 3 aromatic rings. The predicted molar refractivity (Wildman–Crippen MR) is 99.4 cm³/mol. The third-order valence-corrected chi connectivity index (χ3v) is 5.70. The Morgan fingerprint density at radius 2 is 2.12 bits per heavy atom. The Kier molecular flexibility index (Phi) is 4.51. The van der Waals surface area contributed by atoms with Crippen LogP contribution in [0.1, 0.15) is 29.3 Å². The van der Waals surface area contributed by atoms with Gasteiger partial charge in [-0.05, 0) is 47.9 Å². The number of rotatable bonds is 5. The highest BCUT2D eigenvalue weighted by Crippen LogP contribution is 2.38. The molecular weight excluding hydrogens is 332 g/mol. The van der Waals surface area contributed by atoms with E-state index in [2.05, 4.69) is 16.4 Å². The molecule has 128 valence electrons. The number of hydrogen-bond donors (Lipinski definition) is 2. The summed E-state index contributed by atoms with van der Waals surface area (Å²) in [6.07, 6.45) is 3.43. The lowest BCUT2D eigenvalue weighted by atomic mass is 9.75. The van der Waals surface area contributed by atoms with Gasteiger partial charge in [0.1, 0.15) is 0 Å². The van der Waals surface area contributed by atoms with Crippen molar-refractivity contribution in [3.05, 3.63) is 64.5 Å². The molecule has 5 heteroatoms. The smallest absolute Gasteiger partial charge is 0.225 e. The Labute approximate surface area is 150 Å². The zero-order valence-corrected chi connectivity index (χ0v) is 14.6. The van der Waals surface area contributed by atoms with Gasteiger partial charge in [-0.3, -0.25) is 9.78 Å². The molecule has 1 aromatic carbocycles. The second-order valence-corrected chi connectivity index (χ2v) is 7.68. The van der Waals surface area contributed by atoms with Gasteiger partial charge in [-0.1, -0.05) is 24.3 Å². The fourth-order valence-electron chi connectivity index (χ4n) is 3.43. The lowest BCUT2D eigenvalue weighted by Gasteiger charge is -2.38. The summed E-state index contributed by atoms with van der Waals surface area (Å²) in [5.74, 6) is 0.271. The molecule has 2 aromatic heterocycles. The summed E-state index contributed by atoms with van der Waals surface area (Å²) in [5.41, 5.74) is 1.96. The van der Waals surface area contributed by atoms with E-state index in [4.69, 9.17) is 0 Å². The number of hydrogen-bond acceptors (Lipinski definition) is 4. The van der Waals surface area contributed by atoms with Crippen LogP contribution in [-0.4, -0.2) is 22.1 Å². The number of aromatic nitrogens is 1. The zero-order chi connectivity index (χ0) is 17.2. The molecule has 1 aliphatic carbocycles. The summed E-state index contributed by atoms with van der Waals surface area (Å²) in [6.45, 7) is 0. The molecule has 0 unspecified atom stereocenters. The van der Waals surface area contributed by atoms with Crippen molar-refractivity contribution >= 4 is 28.1 Å². The SMILES string of the molecule is O=C(Cc1cccs1)N[C@@H](c1cnc2ccccc2c1)C1CC(O)C1. The van der Waals surface area contributed by atoms with Crippen molar-refractivity contribution in [3.8, 4) is 0 Å². The van der Waals surface area contributed by atoms with Crippen LogP contribution in [0.15, 0.2) is 54.0 Å². The maximum absolute atomic E-state index is 12.5. The summed E-state index contributed by atoms with van der Waals surface area (Å²) in [6, 6.07) is 13.9. The topological polar surface area (TPSA) is 62.2 Å². The van der Waals surface area contributed by atoms with Gasteiger partial charge in [0.2, 0.25) is 5.91 Å². The molecule has 0 radical (unpaired) electrons. The number of aliphatic hydroxyl groups is 1. The molecule has 0 saturated heterocycles. The van der Waals surface area contributed by atoms with E-state index < -0.39 is 0 Å². The Morgan fingerprint density at radius 1 is 1.28 bits per heavy atom. The minimum Gasteiger partial charge on any atom is -0.393 e. The molecular formula is C20H20N2O2S. The van der Waals surface area contributed by atoms with Gasteiger partial charge in [-0.25, -0.2) is 0 Å². The number of carbonyl (C=O) groups is 1. The number of thiophene rings is 1. The van der Waals surface area contributed by atoms with Crippen molar-refractivity contribution < 1.29 is 9.90 Å². The van der Waals surface area contributed by atoms with Gasteiger partial charge in [0, 0.05) is 16.5 Å². The van der Waals surface area contributed by atoms with Crippen molar-refractivity contribution in [2.24, 2.45) is 5.92 Å². The predicted octanol–water partition coefficient (Wildman–Crippen LogP) is 3.47. The zero-order valence-electron chi connectivity index (χ0n) is 13.8. The van der Waals surface area contributed by atoms with E-state index in [0.717, 1.165) is 34.2 Å². The second-order valence-electron chi connectivity index (χ2n) is 6.65. The molecule has 1 saturated carbocycles. The minimum absolute atomic E-state index is 0.0157. The molecule has 4 rings (SSSR count). The molecule has 0 bridgehead atoms. The van der Waals surface area contributed by atoms with Crippen molar-refractivity contribution in [2.45, 2.75) is 31.4 Å². The van der Waals surface area contributed by atoms with E-state index >= 15 is 0 Å². The van der Waals surface area contributed by atoms with Crippen LogP contribution in [0.2, 0.25) is 0 Å². The van der Waals surface area contributed by atoms with E-state index in [9.17, 15) is 9.90 Å². The van der Waals surface area contributed by atoms with E-state index in [-0.39, 0.29) is 24.0 Å². The number of carbonyl (C=O) groups excluding carboxylic acids is 1. The maximum Gasteiger partial charge on any atom is 0.225 e. The summed E-state index contributed by atoms with van der Waals surface area (Å²) in [5, 5.41) is 15.9. The van der Waals surface area contributed by atoms with Crippen LogP contribution < -0.4 is 5.32 Å². The minimum atomic E-state index is -0.255. The van der Waals surface area contributed by atoms with Crippen LogP contribution in [0.3, 0.4) is 0 Å². The number of nitrogens with zero attached hydrogens (tertiary/aromatic N) is 1. The van der Waals surface area contributed by atoms with Gasteiger partial charge in [-0.2, -0.15) is 0 Å². The molecule has 2 heterocycles. The first-order valence-electron chi connectivity index (χ1n) is 8.53. The molecule has 1 fully saturated rings. The lowest BCUT2D eigenvalue weighted by Crippen LogP contribution is -2.41. The highest BCUT2D eigenvalue weighted by molar-refractivity contribution is 7.10. The van der Waals surface area contributed by atoms with Crippen LogP contribution in [0.5, 0.6) is 0 Å². The van der Waals surface area contributed by atoms with Gasteiger partial charge >= 0.3 is 0 Å². The standard InChI is InChI=1S/C20H20N2O2S/c23-16-9-14(10-16)20(22-19(24)11-17-5-3-7-25-17)15-8-13-4-1-2-6-18(13)21-12-15/h1-8,12,14,16,20,23H,9-11H2,(H,22,24)/t14?,16?,20-/m1/s1. The Morgan fingerprint density at radius 3 is 2.88 bits per heavy atom. The number of fused-ring (bicyclic) bond motifs is 1. The molecule has 0 spiro atoms. The molecule has 2 N–H and O–H groups in total. The third-order valence-electron chi connectivity index (χ3n) is 4.82. The highest BCUT2D eigenvalue weighted by atomic mass is 32.1. The fraction of sp³-hybridized carbons (Fsp3) is 0.300. The number of benzene rings is 1. The largest absolute Gasteiger partial charge is 0.393 e. The molecule has 1 atom stereocenters. The van der Waals surface area contributed by atoms with Crippen molar-refractivity contribution in [3.63, 3.8) is 0 Å². The molecule has 1 aliphatic rings. The number of nitrogens with one attached hydrogen (secondary N) is 1. The van der Waals surface area contributed by atoms with Crippen LogP contribution in [0, 0.1) is 5.92 Å². The highest BCUT2D eigenvalue weighted by Gasteiger charge is 2.35. The van der Waals surface area contributed by atoms with Crippen LogP contribution in [0.4, 0.5) is 0 Å². The van der Waals surface area contributed by atoms with Crippen LogP contribution in [0.25, 0.3) is 10.9 Å². The third kappa shape index (κ3) is 3.57. The Balaban J connectivity index is 1.57. The first-order valence-corrected chi connectivity index (χ1v) is 9.41. The van der Waals surface area contributed by atoms with Gasteiger partial charge in [0.05, 0.1) is 24.1 Å². The van der Waals surface area contributed by atoms with E-state index in [0.29, 0.717) is 6.42 Å². The number of para-hydroxylation sites is 1. The van der Waals surface area contributed by atoms with Gasteiger partial charge in [0.15, 0.2) is 0 Å². The summed E-state index contributed by atoms with van der Waals surface area (Å²) < 4.78 is 0. The molecule has 4 nitrogen and oxygen atoms in total. The number of aliphatic hydroxyl groups excluding tert-OH is 1. The first kappa shape index (κ1) is 16.2. The fourth-order valence-corrected chi connectivity index (χ4v) is 4.13. The average molecular weight is 352 g/mol. The maximum atomic E-state index is 12.5. The average Bonchev–Trinajstić information content (AvgIpc) is 3.09.